The van der Waals surface area contributed by atoms with Crippen molar-refractivity contribution in [1.82, 2.24) is 0 Å². The van der Waals surface area contributed by atoms with Gasteiger partial charge in [0, 0.05) is 0 Å². The van der Waals surface area contributed by atoms with Gasteiger partial charge in [0.1, 0.15) is 23.3 Å². The number of rotatable bonds is 4. The molecular formula is C25H19F2N. The third-order valence-electron chi connectivity index (χ3n) is 5.21. The second-order valence-corrected chi connectivity index (χ2v) is 7.09. The molecule has 0 aliphatic heterocycles. The molecule has 0 saturated heterocycles. The van der Waals surface area contributed by atoms with E-state index in [1.807, 2.05) is 24.3 Å². The van der Waals surface area contributed by atoms with Crippen LogP contribution in [0.4, 0.5) is 8.78 Å². The zero-order valence-corrected chi connectivity index (χ0v) is 15.6. The number of halogens is 2. The van der Waals surface area contributed by atoms with E-state index < -0.39 is 17.2 Å². The van der Waals surface area contributed by atoms with Crippen molar-refractivity contribution in [2.45, 2.75) is 26.2 Å². The van der Waals surface area contributed by atoms with E-state index in [0.29, 0.717) is 11.1 Å². The molecule has 28 heavy (non-hydrogen) atoms. The van der Waals surface area contributed by atoms with Gasteiger partial charge in [-0.25, -0.2) is 8.78 Å². The van der Waals surface area contributed by atoms with E-state index in [9.17, 15) is 8.78 Å². The lowest BCUT2D eigenvalue weighted by atomic mass is 9.95. The fourth-order valence-corrected chi connectivity index (χ4v) is 3.68. The fraction of sp³-hybridized carbons (Fsp3) is 0.160. The highest BCUT2D eigenvalue weighted by molar-refractivity contribution is 6.08. The summed E-state index contributed by atoms with van der Waals surface area (Å²) in [7, 11) is 0. The van der Waals surface area contributed by atoms with Crippen LogP contribution in [-0.4, -0.2) is 0 Å². The molecule has 0 aromatic heterocycles. The van der Waals surface area contributed by atoms with Crippen LogP contribution in [0.3, 0.4) is 0 Å². The predicted octanol–water partition coefficient (Wildman–Crippen LogP) is 7.15. The Balaban J connectivity index is 1.80. The molecule has 4 rings (SSSR count). The Kier molecular flexibility index (Phi) is 4.79. The molecule has 0 fully saturated rings. The molecule has 138 valence electrons. The van der Waals surface area contributed by atoms with Crippen LogP contribution in [0, 0.1) is 23.0 Å². The summed E-state index contributed by atoms with van der Waals surface area (Å²) in [6.07, 6.45) is 3.44. The lowest BCUT2D eigenvalue weighted by molar-refractivity contribution is 0.577. The average molecular weight is 371 g/mol. The molecule has 0 N–H and O–H groups in total. The van der Waals surface area contributed by atoms with E-state index in [-0.39, 0.29) is 0 Å². The zero-order chi connectivity index (χ0) is 19.7. The molecule has 0 bridgehead atoms. The smallest absolute Gasteiger partial charge is 0.144 e. The molecular weight excluding hydrogens is 352 g/mol. The molecule has 0 unspecified atom stereocenters. The van der Waals surface area contributed by atoms with E-state index >= 15 is 0 Å². The van der Waals surface area contributed by atoms with E-state index in [1.165, 1.54) is 41.3 Å². The Hall–Kier alpha value is -3.25. The van der Waals surface area contributed by atoms with Gasteiger partial charge in [-0.15, -0.1) is 0 Å². The minimum atomic E-state index is -0.837. The van der Waals surface area contributed by atoms with Gasteiger partial charge in [0.25, 0.3) is 0 Å². The van der Waals surface area contributed by atoms with Crippen molar-refractivity contribution in [3.05, 3.63) is 83.4 Å². The van der Waals surface area contributed by atoms with Gasteiger partial charge in [-0.3, -0.25) is 0 Å². The second-order valence-electron chi connectivity index (χ2n) is 7.09. The van der Waals surface area contributed by atoms with E-state index in [1.54, 1.807) is 6.07 Å². The highest BCUT2D eigenvalue weighted by Crippen LogP contribution is 2.31. The fourth-order valence-electron chi connectivity index (χ4n) is 3.68. The van der Waals surface area contributed by atoms with Crippen LogP contribution < -0.4 is 0 Å². The maximum atomic E-state index is 14.0. The molecule has 0 aliphatic rings. The molecule has 0 aliphatic carbocycles. The van der Waals surface area contributed by atoms with E-state index in [4.69, 9.17) is 5.26 Å². The number of unbranched alkanes of at least 4 members (excludes halogenated alkanes) is 1. The third-order valence-corrected chi connectivity index (χ3v) is 5.21. The Morgan fingerprint density at radius 2 is 1.43 bits per heavy atom. The minimum absolute atomic E-state index is 0.422. The van der Waals surface area contributed by atoms with Crippen LogP contribution >= 0.6 is 0 Å². The highest BCUT2D eigenvalue weighted by atomic mass is 19.1. The lowest BCUT2D eigenvalue weighted by Crippen LogP contribution is -1.92. The molecule has 0 amide bonds. The quantitative estimate of drug-likeness (QED) is 0.349. The van der Waals surface area contributed by atoms with Crippen molar-refractivity contribution >= 4 is 21.5 Å². The van der Waals surface area contributed by atoms with Gasteiger partial charge in [0.05, 0.1) is 0 Å². The highest BCUT2D eigenvalue weighted by Gasteiger charge is 2.12. The number of aryl methyl sites for hydroxylation is 1. The van der Waals surface area contributed by atoms with Crippen LogP contribution in [-0.2, 0) is 6.42 Å². The number of hydrogen-bond acceptors (Lipinski definition) is 1. The van der Waals surface area contributed by atoms with Gasteiger partial charge in [-0.05, 0) is 69.3 Å². The normalized spacial score (nSPS) is 11.1. The maximum absolute atomic E-state index is 14.0. The first-order chi connectivity index (χ1) is 13.6. The van der Waals surface area contributed by atoms with Crippen molar-refractivity contribution in [2.75, 3.05) is 0 Å². The van der Waals surface area contributed by atoms with Crippen LogP contribution in [0.5, 0.6) is 0 Å². The summed E-state index contributed by atoms with van der Waals surface area (Å²) in [5.74, 6) is -1.67. The van der Waals surface area contributed by atoms with Gasteiger partial charge in [0.2, 0.25) is 0 Å². The summed E-state index contributed by atoms with van der Waals surface area (Å²) < 4.78 is 28.0. The summed E-state index contributed by atoms with van der Waals surface area (Å²) in [5, 5.41) is 13.3. The molecule has 4 aromatic carbocycles. The number of nitriles is 1. The zero-order valence-electron chi connectivity index (χ0n) is 15.6. The van der Waals surface area contributed by atoms with Crippen molar-refractivity contribution < 1.29 is 8.78 Å². The number of nitrogens with zero attached hydrogens (tertiary/aromatic N) is 1. The van der Waals surface area contributed by atoms with Crippen LogP contribution in [0.1, 0.15) is 30.9 Å². The molecule has 0 atom stereocenters. The number of hydrogen-bond donors (Lipinski definition) is 0. The van der Waals surface area contributed by atoms with Crippen LogP contribution in [0.25, 0.3) is 32.7 Å². The topological polar surface area (TPSA) is 23.8 Å². The van der Waals surface area contributed by atoms with Gasteiger partial charge in [-0.1, -0.05) is 55.8 Å². The molecule has 0 saturated carbocycles. The Bertz CT molecular complexity index is 1210. The summed E-state index contributed by atoms with van der Waals surface area (Å²) in [5.41, 5.74) is 1.93. The first kappa shape index (κ1) is 18.1. The summed E-state index contributed by atoms with van der Waals surface area (Å²) >= 11 is 0. The molecule has 1 nitrogen and oxygen atoms in total. The van der Waals surface area contributed by atoms with Crippen molar-refractivity contribution in [2.24, 2.45) is 0 Å². The first-order valence-corrected chi connectivity index (χ1v) is 9.45. The molecule has 3 heteroatoms. The Labute approximate surface area is 162 Å². The largest absolute Gasteiger partial charge is 0.205 e. The molecule has 0 heterocycles. The predicted molar refractivity (Wildman–Crippen MR) is 110 cm³/mol. The summed E-state index contributed by atoms with van der Waals surface area (Å²) in [6, 6.07) is 20.5. The van der Waals surface area contributed by atoms with E-state index in [2.05, 4.69) is 31.2 Å². The monoisotopic (exact) mass is 371 g/mol. The molecule has 0 spiro atoms. The van der Waals surface area contributed by atoms with Gasteiger partial charge in [0.15, 0.2) is 0 Å². The van der Waals surface area contributed by atoms with E-state index in [0.717, 1.165) is 17.2 Å². The molecule has 0 radical (unpaired) electrons. The minimum Gasteiger partial charge on any atom is -0.205 e. The van der Waals surface area contributed by atoms with Gasteiger partial charge >= 0.3 is 0 Å². The standard InChI is InChI=1S/C25H19F2N/c1-2-3-4-16-5-9-21-18(11-16)6-7-19-12-17(8-10-22(19)21)20-13-24(26)23(15-28)25(27)14-20/h5-14H,2-4H2,1H3. The number of fused-ring (bicyclic) bond motifs is 3. The van der Waals surface area contributed by atoms with Crippen LogP contribution in [0.2, 0.25) is 0 Å². The Morgan fingerprint density at radius 3 is 2.07 bits per heavy atom. The van der Waals surface area contributed by atoms with Crippen molar-refractivity contribution in [3.63, 3.8) is 0 Å². The Morgan fingerprint density at radius 1 is 0.786 bits per heavy atom. The molecule has 4 aromatic rings. The SMILES string of the molecule is CCCCc1ccc2c(ccc3cc(-c4cc(F)c(C#N)c(F)c4)ccc32)c1. The summed E-state index contributed by atoms with van der Waals surface area (Å²) in [6.45, 7) is 2.19. The second kappa shape index (κ2) is 7.40. The van der Waals surface area contributed by atoms with Gasteiger partial charge in [-0.2, -0.15) is 5.26 Å². The van der Waals surface area contributed by atoms with Crippen LogP contribution in [0.15, 0.2) is 60.7 Å². The van der Waals surface area contributed by atoms with Gasteiger partial charge < -0.3 is 0 Å². The third kappa shape index (κ3) is 3.23. The maximum Gasteiger partial charge on any atom is 0.144 e. The lowest BCUT2D eigenvalue weighted by Gasteiger charge is -2.09. The number of benzene rings is 4. The first-order valence-electron chi connectivity index (χ1n) is 9.45. The van der Waals surface area contributed by atoms with Crippen molar-refractivity contribution in [1.29, 1.82) is 5.26 Å². The summed E-state index contributed by atoms with van der Waals surface area (Å²) in [4.78, 5) is 0. The average Bonchev–Trinajstić information content (AvgIpc) is 2.71. The van der Waals surface area contributed by atoms with Crippen molar-refractivity contribution in [3.8, 4) is 17.2 Å².